The number of aliphatic imine (C=N–C) groups is 1. The first kappa shape index (κ1) is 18.8. The van der Waals surface area contributed by atoms with E-state index in [-0.39, 0.29) is 17.5 Å². The summed E-state index contributed by atoms with van der Waals surface area (Å²) in [4.78, 5) is 34.3. The van der Waals surface area contributed by atoms with Crippen molar-refractivity contribution in [2.45, 2.75) is 40.2 Å². The quantitative estimate of drug-likeness (QED) is 0.808. The maximum absolute atomic E-state index is 11.7. The first-order chi connectivity index (χ1) is 10.5. The molecule has 23 heavy (non-hydrogen) atoms. The molecule has 1 aromatic heterocycles. The highest BCUT2D eigenvalue weighted by Gasteiger charge is 2.18. The van der Waals surface area contributed by atoms with E-state index in [1.54, 1.807) is 34.6 Å². The number of aliphatic carboxylic acids is 1. The van der Waals surface area contributed by atoms with Gasteiger partial charge in [0.05, 0.1) is 11.4 Å². The van der Waals surface area contributed by atoms with Crippen molar-refractivity contribution >= 4 is 35.2 Å². The lowest BCUT2D eigenvalue weighted by molar-refractivity contribution is -0.134. The molecule has 0 aliphatic heterocycles. The molecule has 1 rings (SSSR count). The first-order valence-electron chi connectivity index (χ1n) is 6.78. The van der Waals surface area contributed by atoms with Gasteiger partial charge in [-0.3, -0.25) is 4.79 Å². The molecule has 1 aromatic rings. The zero-order chi connectivity index (χ0) is 17.8. The summed E-state index contributed by atoms with van der Waals surface area (Å²) in [5.41, 5.74) is 0.439. The molecule has 8 nitrogen and oxygen atoms in total. The van der Waals surface area contributed by atoms with E-state index in [0.717, 1.165) is 0 Å². The van der Waals surface area contributed by atoms with Gasteiger partial charge in [-0.05, 0) is 34.6 Å². The summed E-state index contributed by atoms with van der Waals surface area (Å²) in [6, 6.07) is 0. The lowest BCUT2D eigenvalue weighted by Crippen LogP contribution is -2.22. The molecule has 0 saturated carbocycles. The van der Waals surface area contributed by atoms with Crippen molar-refractivity contribution in [1.82, 2.24) is 9.97 Å². The Bertz CT molecular complexity index is 653. The molecule has 2 N–H and O–H groups in total. The smallest absolute Gasteiger partial charge is 0.434 e. The predicted molar refractivity (Wildman–Crippen MR) is 86.3 cm³/mol. The van der Waals surface area contributed by atoms with Crippen LogP contribution in [-0.4, -0.2) is 45.0 Å². The number of nitrogens with zero attached hydrogens (tertiary/aromatic N) is 3. The highest BCUT2D eigenvalue weighted by molar-refractivity contribution is 6.32. The van der Waals surface area contributed by atoms with Crippen LogP contribution in [0.1, 0.15) is 39.1 Å². The maximum Gasteiger partial charge on any atom is 0.434 e. The van der Waals surface area contributed by atoms with E-state index in [1.165, 1.54) is 0 Å². The number of aryl methyl sites for hydroxylation is 1. The molecule has 0 saturated heterocycles. The van der Waals surface area contributed by atoms with Crippen LogP contribution in [0.5, 0.6) is 0 Å². The van der Waals surface area contributed by atoms with Crippen molar-refractivity contribution < 1.29 is 19.4 Å². The molecule has 1 heterocycles. The van der Waals surface area contributed by atoms with Crippen molar-refractivity contribution in [3.63, 3.8) is 0 Å². The minimum absolute atomic E-state index is 0.00871. The number of carboxylic acid groups (broad SMARTS) is 1. The molecular formula is C14H19ClN4O4. The first-order valence-corrected chi connectivity index (χ1v) is 7.16. The monoisotopic (exact) mass is 342 g/mol. The topological polar surface area (TPSA) is 114 Å². The van der Waals surface area contributed by atoms with Crippen LogP contribution >= 0.6 is 11.6 Å². The van der Waals surface area contributed by atoms with Crippen LogP contribution < -0.4 is 5.32 Å². The lowest BCUT2D eigenvalue weighted by atomic mass is 10.2. The highest BCUT2D eigenvalue weighted by atomic mass is 35.5. The Hall–Kier alpha value is -2.22. The molecule has 0 aliphatic carbocycles. The Labute approximate surface area is 138 Å². The van der Waals surface area contributed by atoms with Gasteiger partial charge in [0, 0.05) is 0 Å². The zero-order valence-corrected chi connectivity index (χ0v) is 14.4. The van der Waals surface area contributed by atoms with Crippen LogP contribution in [0.15, 0.2) is 4.99 Å². The Kier molecular flexibility index (Phi) is 6.03. The molecular weight excluding hydrogens is 324 g/mol. The van der Waals surface area contributed by atoms with Crippen LogP contribution in [-0.2, 0) is 9.53 Å². The van der Waals surface area contributed by atoms with E-state index in [0.29, 0.717) is 17.1 Å². The van der Waals surface area contributed by atoms with E-state index in [1.807, 2.05) is 0 Å². The molecule has 0 atom stereocenters. The van der Waals surface area contributed by atoms with Gasteiger partial charge in [0.1, 0.15) is 17.8 Å². The highest BCUT2D eigenvalue weighted by Crippen LogP contribution is 2.19. The number of anilines is 1. The normalized spacial score (nSPS) is 12.0. The van der Waals surface area contributed by atoms with Gasteiger partial charge in [-0.2, -0.15) is 4.99 Å². The van der Waals surface area contributed by atoms with Gasteiger partial charge in [-0.25, -0.2) is 14.8 Å². The second-order valence-electron chi connectivity index (χ2n) is 5.72. The van der Waals surface area contributed by atoms with Gasteiger partial charge >= 0.3 is 12.1 Å². The van der Waals surface area contributed by atoms with E-state index in [9.17, 15) is 9.59 Å². The van der Waals surface area contributed by atoms with Gasteiger partial charge in [-0.15, -0.1) is 0 Å². The fourth-order valence-corrected chi connectivity index (χ4v) is 1.78. The molecule has 0 aromatic carbocycles. The largest absolute Gasteiger partial charge is 0.480 e. The van der Waals surface area contributed by atoms with E-state index in [4.69, 9.17) is 21.4 Å². The van der Waals surface area contributed by atoms with Crippen LogP contribution in [0.3, 0.4) is 0 Å². The third-order valence-electron chi connectivity index (χ3n) is 2.43. The SMILES string of the molecule is CC(=NC(=O)OC(C)(C)C)c1nc(Cl)c(NCC(=O)O)nc1C. The van der Waals surface area contributed by atoms with Gasteiger partial charge in [-0.1, -0.05) is 11.6 Å². The summed E-state index contributed by atoms with van der Waals surface area (Å²) in [6.07, 6.45) is -0.736. The summed E-state index contributed by atoms with van der Waals surface area (Å²) < 4.78 is 5.10. The molecule has 0 bridgehead atoms. The molecule has 0 spiro atoms. The number of hydrogen-bond acceptors (Lipinski definition) is 6. The summed E-state index contributed by atoms with van der Waals surface area (Å²) in [7, 11) is 0. The number of hydrogen-bond donors (Lipinski definition) is 2. The number of carbonyl (C=O) groups is 2. The maximum atomic E-state index is 11.7. The second-order valence-corrected chi connectivity index (χ2v) is 6.08. The van der Waals surface area contributed by atoms with Crippen molar-refractivity contribution in [2.24, 2.45) is 4.99 Å². The molecule has 0 aliphatic rings. The number of nitrogens with one attached hydrogen (secondary N) is 1. The van der Waals surface area contributed by atoms with Crippen LogP contribution in [0, 0.1) is 6.92 Å². The number of carbonyl (C=O) groups excluding carboxylic acids is 1. The zero-order valence-electron chi connectivity index (χ0n) is 13.6. The molecule has 0 radical (unpaired) electrons. The number of aromatic nitrogens is 2. The average Bonchev–Trinajstić information content (AvgIpc) is 2.36. The Morgan fingerprint density at radius 2 is 1.96 bits per heavy atom. The fourth-order valence-electron chi connectivity index (χ4n) is 1.59. The summed E-state index contributed by atoms with van der Waals surface area (Å²) in [6.45, 7) is 8.11. The van der Waals surface area contributed by atoms with Crippen molar-refractivity contribution in [1.29, 1.82) is 0 Å². The summed E-state index contributed by atoms with van der Waals surface area (Å²) in [5, 5.41) is 11.2. The van der Waals surface area contributed by atoms with Crippen molar-refractivity contribution in [3.05, 3.63) is 16.5 Å². The number of halogens is 1. The van der Waals surface area contributed by atoms with Gasteiger partial charge in [0.15, 0.2) is 11.0 Å². The third kappa shape index (κ3) is 6.19. The van der Waals surface area contributed by atoms with Gasteiger partial charge in [0.2, 0.25) is 0 Å². The number of ether oxygens (including phenoxy) is 1. The minimum Gasteiger partial charge on any atom is -0.480 e. The van der Waals surface area contributed by atoms with Gasteiger partial charge < -0.3 is 15.2 Å². The van der Waals surface area contributed by atoms with Gasteiger partial charge in [0.25, 0.3) is 0 Å². The summed E-state index contributed by atoms with van der Waals surface area (Å²) >= 11 is 5.97. The summed E-state index contributed by atoms with van der Waals surface area (Å²) in [5.74, 6) is -0.896. The number of rotatable bonds is 4. The third-order valence-corrected chi connectivity index (χ3v) is 2.69. The Morgan fingerprint density at radius 3 is 2.48 bits per heavy atom. The number of amides is 1. The van der Waals surface area contributed by atoms with Crippen LogP contribution in [0.2, 0.25) is 5.15 Å². The van der Waals surface area contributed by atoms with E-state index in [2.05, 4.69) is 20.3 Å². The fraction of sp³-hybridized carbons (Fsp3) is 0.500. The molecule has 1 amide bonds. The predicted octanol–water partition coefficient (Wildman–Crippen LogP) is 2.68. The lowest BCUT2D eigenvalue weighted by Gasteiger charge is -2.17. The van der Waals surface area contributed by atoms with Crippen LogP contribution in [0.4, 0.5) is 10.6 Å². The van der Waals surface area contributed by atoms with E-state index >= 15 is 0 Å². The standard InChI is InChI=1S/C14H19ClN4O4/c1-7-10(8(2)18-13(22)23-14(3,4)5)19-11(15)12(17-7)16-6-9(20)21/h6H2,1-5H3,(H,16,17)(H,20,21). The Balaban J connectivity index is 3.02. The minimum atomic E-state index is -1.05. The Morgan fingerprint density at radius 1 is 1.35 bits per heavy atom. The molecule has 126 valence electrons. The van der Waals surface area contributed by atoms with E-state index < -0.39 is 17.7 Å². The molecule has 0 unspecified atom stereocenters. The van der Waals surface area contributed by atoms with Crippen molar-refractivity contribution in [3.8, 4) is 0 Å². The molecule has 0 fully saturated rings. The molecule has 9 heteroatoms. The second kappa shape index (κ2) is 7.36. The number of carboxylic acids is 1. The van der Waals surface area contributed by atoms with Crippen LogP contribution in [0.25, 0.3) is 0 Å². The average molecular weight is 343 g/mol. The van der Waals surface area contributed by atoms with Crippen molar-refractivity contribution in [2.75, 3.05) is 11.9 Å².